The highest BCUT2D eigenvalue weighted by molar-refractivity contribution is 5.22. The number of aliphatic hydroxyl groups excluding tert-OH is 1. The summed E-state index contributed by atoms with van der Waals surface area (Å²) >= 11 is 0. The first kappa shape index (κ1) is 8.52. The van der Waals surface area contributed by atoms with Crippen LogP contribution in [-0.4, -0.2) is 11.2 Å². The Morgan fingerprint density at radius 3 is 2.62 bits per heavy atom. The first-order chi connectivity index (χ1) is 6.36. The van der Waals surface area contributed by atoms with Crippen molar-refractivity contribution in [3.63, 3.8) is 0 Å². The summed E-state index contributed by atoms with van der Waals surface area (Å²) in [5.41, 5.74) is 1.34. The predicted octanol–water partition coefficient (Wildman–Crippen LogP) is 2.48. The van der Waals surface area contributed by atoms with Gasteiger partial charge in [-0.2, -0.15) is 0 Å². The monoisotopic (exact) mass is 174 g/mol. The molecule has 0 heterocycles. The van der Waals surface area contributed by atoms with Crippen LogP contribution >= 0.6 is 0 Å². The van der Waals surface area contributed by atoms with Crippen LogP contribution < -0.4 is 0 Å². The lowest BCUT2D eigenvalue weighted by atomic mass is 9.87. The van der Waals surface area contributed by atoms with Crippen molar-refractivity contribution in [1.82, 2.24) is 0 Å². The Balaban J connectivity index is 2.15. The lowest BCUT2D eigenvalue weighted by Gasteiger charge is -2.21. The number of hydrogen-bond acceptors (Lipinski definition) is 1. The van der Waals surface area contributed by atoms with Gasteiger partial charge in [0.2, 0.25) is 0 Å². The van der Waals surface area contributed by atoms with Gasteiger partial charge in [0.25, 0.3) is 0 Å². The van der Waals surface area contributed by atoms with Crippen molar-refractivity contribution in [3.05, 3.63) is 48.0 Å². The summed E-state index contributed by atoms with van der Waals surface area (Å²) in [5, 5.41) is 9.45. The summed E-state index contributed by atoms with van der Waals surface area (Å²) in [6.45, 7) is 0. The molecule has 1 nitrogen and oxygen atoms in total. The van der Waals surface area contributed by atoms with E-state index in [0.29, 0.717) is 5.92 Å². The topological polar surface area (TPSA) is 20.2 Å². The summed E-state index contributed by atoms with van der Waals surface area (Å²) in [4.78, 5) is 0. The smallest absolute Gasteiger partial charge is 0.0726 e. The molecular formula is C12H14O. The molecule has 68 valence electrons. The Hall–Kier alpha value is -1.08. The molecule has 1 N–H and O–H groups in total. The van der Waals surface area contributed by atoms with Crippen LogP contribution in [0.4, 0.5) is 0 Å². The fourth-order valence-corrected chi connectivity index (χ4v) is 1.86. The molecule has 0 bridgehead atoms. The standard InChI is InChI=1S/C12H14O/c13-12-8-4-7-11(9-12)10-5-2-1-3-6-10/h1-6,8,11-13H,7,9H2/t11-,12-/m1/s1. The minimum atomic E-state index is -0.251. The molecule has 0 unspecified atom stereocenters. The van der Waals surface area contributed by atoms with Crippen molar-refractivity contribution in [2.24, 2.45) is 0 Å². The molecule has 1 aromatic rings. The first-order valence-electron chi connectivity index (χ1n) is 4.76. The van der Waals surface area contributed by atoms with Gasteiger partial charge in [0.1, 0.15) is 0 Å². The van der Waals surface area contributed by atoms with Crippen molar-refractivity contribution in [2.45, 2.75) is 24.9 Å². The number of benzene rings is 1. The summed E-state index contributed by atoms with van der Waals surface area (Å²) < 4.78 is 0. The van der Waals surface area contributed by atoms with Crippen molar-refractivity contribution in [3.8, 4) is 0 Å². The number of aliphatic hydroxyl groups is 1. The maximum Gasteiger partial charge on any atom is 0.0726 e. The maximum atomic E-state index is 9.45. The molecule has 2 atom stereocenters. The second-order valence-corrected chi connectivity index (χ2v) is 3.57. The van der Waals surface area contributed by atoms with Gasteiger partial charge < -0.3 is 5.11 Å². The lowest BCUT2D eigenvalue weighted by molar-refractivity contribution is 0.195. The molecule has 2 rings (SSSR count). The Morgan fingerprint density at radius 2 is 1.92 bits per heavy atom. The first-order valence-corrected chi connectivity index (χ1v) is 4.76. The molecule has 0 saturated heterocycles. The van der Waals surface area contributed by atoms with Gasteiger partial charge in [-0.05, 0) is 24.3 Å². The fourth-order valence-electron chi connectivity index (χ4n) is 1.86. The van der Waals surface area contributed by atoms with E-state index < -0.39 is 0 Å². The van der Waals surface area contributed by atoms with Crippen molar-refractivity contribution >= 4 is 0 Å². The molecule has 1 aromatic carbocycles. The van der Waals surface area contributed by atoms with Crippen LogP contribution in [0.5, 0.6) is 0 Å². The van der Waals surface area contributed by atoms with Gasteiger partial charge in [-0.15, -0.1) is 0 Å². The maximum absolute atomic E-state index is 9.45. The second kappa shape index (κ2) is 3.75. The summed E-state index contributed by atoms with van der Waals surface area (Å²) in [7, 11) is 0. The molecule has 0 saturated carbocycles. The molecule has 0 aliphatic heterocycles. The van der Waals surface area contributed by atoms with Crippen LogP contribution in [0.25, 0.3) is 0 Å². The van der Waals surface area contributed by atoms with Crippen LogP contribution in [0.2, 0.25) is 0 Å². The van der Waals surface area contributed by atoms with Gasteiger partial charge in [-0.1, -0.05) is 42.5 Å². The van der Waals surface area contributed by atoms with Gasteiger partial charge >= 0.3 is 0 Å². The fraction of sp³-hybridized carbons (Fsp3) is 0.333. The average Bonchev–Trinajstić information content (AvgIpc) is 2.19. The number of hydrogen-bond donors (Lipinski definition) is 1. The van der Waals surface area contributed by atoms with E-state index in [2.05, 4.69) is 30.3 Å². The number of rotatable bonds is 1. The van der Waals surface area contributed by atoms with Crippen LogP contribution in [0.1, 0.15) is 24.3 Å². The highest BCUT2D eigenvalue weighted by atomic mass is 16.3. The van der Waals surface area contributed by atoms with Gasteiger partial charge in [0, 0.05) is 0 Å². The van der Waals surface area contributed by atoms with Crippen molar-refractivity contribution in [2.75, 3.05) is 0 Å². The molecule has 13 heavy (non-hydrogen) atoms. The molecule has 1 heteroatoms. The van der Waals surface area contributed by atoms with E-state index >= 15 is 0 Å². The van der Waals surface area contributed by atoms with Gasteiger partial charge in [-0.25, -0.2) is 0 Å². The third kappa shape index (κ3) is 1.99. The third-order valence-electron chi connectivity index (χ3n) is 2.58. The van der Waals surface area contributed by atoms with Crippen LogP contribution in [-0.2, 0) is 0 Å². The molecule has 0 spiro atoms. The third-order valence-corrected chi connectivity index (χ3v) is 2.58. The van der Waals surface area contributed by atoms with Crippen LogP contribution in [0, 0.1) is 0 Å². The largest absolute Gasteiger partial charge is 0.389 e. The van der Waals surface area contributed by atoms with Gasteiger partial charge in [0.15, 0.2) is 0 Å². The Labute approximate surface area is 78.7 Å². The molecule has 0 amide bonds. The Bertz CT molecular complexity index is 289. The minimum Gasteiger partial charge on any atom is -0.389 e. The van der Waals surface area contributed by atoms with E-state index in [1.54, 1.807) is 0 Å². The van der Waals surface area contributed by atoms with Crippen molar-refractivity contribution in [1.29, 1.82) is 0 Å². The van der Waals surface area contributed by atoms with Crippen LogP contribution in [0.15, 0.2) is 42.5 Å². The Morgan fingerprint density at radius 1 is 1.15 bits per heavy atom. The average molecular weight is 174 g/mol. The quantitative estimate of drug-likeness (QED) is 0.648. The van der Waals surface area contributed by atoms with E-state index in [0.717, 1.165) is 12.8 Å². The zero-order chi connectivity index (χ0) is 9.10. The minimum absolute atomic E-state index is 0.251. The van der Waals surface area contributed by atoms with Crippen LogP contribution in [0.3, 0.4) is 0 Å². The second-order valence-electron chi connectivity index (χ2n) is 3.57. The van der Waals surface area contributed by atoms with Gasteiger partial charge in [0.05, 0.1) is 6.10 Å². The van der Waals surface area contributed by atoms with Gasteiger partial charge in [-0.3, -0.25) is 0 Å². The predicted molar refractivity (Wildman–Crippen MR) is 53.6 cm³/mol. The van der Waals surface area contributed by atoms with E-state index in [4.69, 9.17) is 0 Å². The van der Waals surface area contributed by atoms with E-state index in [9.17, 15) is 5.11 Å². The lowest BCUT2D eigenvalue weighted by Crippen LogP contribution is -2.13. The van der Waals surface area contributed by atoms with E-state index in [1.807, 2.05) is 12.1 Å². The summed E-state index contributed by atoms with van der Waals surface area (Å²) in [5.74, 6) is 0.501. The van der Waals surface area contributed by atoms with E-state index in [-0.39, 0.29) is 6.10 Å². The van der Waals surface area contributed by atoms with Crippen molar-refractivity contribution < 1.29 is 5.11 Å². The normalized spacial score (nSPS) is 27.5. The van der Waals surface area contributed by atoms with E-state index in [1.165, 1.54) is 5.56 Å². The molecule has 0 aromatic heterocycles. The zero-order valence-electron chi connectivity index (χ0n) is 7.56. The Kier molecular flexibility index (Phi) is 2.46. The molecular weight excluding hydrogens is 160 g/mol. The SMILES string of the molecule is O[C@@H]1C=CC[C@@H](c2ccccc2)C1. The number of allylic oxidation sites excluding steroid dienone is 1. The summed E-state index contributed by atoms with van der Waals surface area (Å²) in [6, 6.07) is 10.4. The summed E-state index contributed by atoms with van der Waals surface area (Å²) in [6.07, 6.45) is 5.63. The zero-order valence-corrected chi connectivity index (χ0v) is 7.56. The molecule has 0 fully saturated rings. The highest BCUT2D eigenvalue weighted by Crippen LogP contribution is 2.28. The molecule has 0 radical (unpaired) electrons. The molecule has 1 aliphatic carbocycles. The highest BCUT2D eigenvalue weighted by Gasteiger charge is 2.16. The molecule has 1 aliphatic rings.